The van der Waals surface area contributed by atoms with E-state index in [4.69, 9.17) is 0 Å². The van der Waals surface area contributed by atoms with E-state index in [1.807, 2.05) is 31.3 Å². The summed E-state index contributed by atoms with van der Waals surface area (Å²) in [5.74, 6) is 0.0913. The van der Waals surface area contributed by atoms with Gasteiger partial charge in [-0.25, -0.2) is 0 Å². The largest absolute Gasteiger partial charge is 0.349 e. The highest BCUT2D eigenvalue weighted by Gasteiger charge is 2.19. The summed E-state index contributed by atoms with van der Waals surface area (Å²) < 4.78 is 0. The molecule has 1 aliphatic rings. The van der Waals surface area contributed by atoms with Gasteiger partial charge in [-0.3, -0.25) is 4.79 Å². The lowest BCUT2D eigenvalue weighted by molar-refractivity contribution is 0.0937. The van der Waals surface area contributed by atoms with E-state index in [1.165, 1.54) is 12.8 Å². The Morgan fingerprint density at radius 3 is 2.72 bits per heavy atom. The average molecular weight is 246 g/mol. The fourth-order valence-corrected chi connectivity index (χ4v) is 2.55. The van der Waals surface area contributed by atoms with Crippen LogP contribution in [0.2, 0.25) is 0 Å². The lowest BCUT2D eigenvalue weighted by Crippen LogP contribution is -2.33. The quantitative estimate of drug-likeness (QED) is 0.835. The summed E-state index contributed by atoms with van der Waals surface area (Å²) >= 11 is 0. The second-order valence-electron chi connectivity index (χ2n) is 4.97. The molecule has 0 unspecified atom stereocenters. The Kier molecular flexibility index (Phi) is 4.76. The first-order valence-electron chi connectivity index (χ1n) is 6.84. The average Bonchev–Trinajstić information content (AvgIpc) is 2.89. The summed E-state index contributed by atoms with van der Waals surface area (Å²) in [5, 5.41) is 6.28. The van der Waals surface area contributed by atoms with Gasteiger partial charge in [0, 0.05) is 11.6 Å². The summed E-state index contributed by atoms with van der Waals surface area (Å²) in [7, 11) is 1.93. The Hall–Kier alpha value is -1.35. The van der Waals surface area contributed by atoms with Crippen molar-refractivity contribution in [2.75, 3.05) is 13.6 Å². The molecule has 0 bridgehead atoms. The van der Waals surface area contributed by atoms with Gasteiger partial charge in [-0.15, -0.1) is 0 Å². The number of hydrogen-bond donors (Lipinski definition) is 2. The first kappa shape index (κ1) is 13.1. The number of carbonyl (C=O) groups is 1. The molecule has 0 aliphatic heterocycles. The topological polar surface area (TPSA) is 41.1 Å². The molecule has 98 valence electrons. The minimum Gasteiger partial charge on any atom is -0.349 e. The summed E-state index contributed by atoms with van der Waals surface area (Å²) in [4.78, 5) is 12.3. The molecular weight excluding hydrogens is 224 g/mol. The van der Waals surface area contributed by atoms with E-state index >= 15 is 0 Å². The monoisotopic (exact) mass is 246 g/mol. The van der Waals surface area contributed by atoms with Crippen LogP contribution in [-0.4, -0.2) is 25.5 Å². The fraction of sp³-hybridized carbons (Fsp3) is 0.533. The molecule has 1 saturated carbocycles. The van der Waals surface area contributed by atoms with Crippen molar-refractivity contribution >= 4 is 5.91 Å². The number of carbonyl (C=O) groups excluding carboxylic acids is 1. The number of benzene rings is 1. The van der Waals surface area contributed by atoms with Crippen molar-refractivity contribution in [2.24, 2.45) is 0 Å². The number of rotatable bonds is 5. The Labute approximate surface area is 109 Å². The molecule has 0 atom stereocenters. The second-order valence-corrected chi connectivity index (χ2v) is 4.97. The Bertz CT molecular complexity index is 397. The predicted molar refractivity (Wildman–Crippen MR) is 73.8 cm³/mol. The van der Waals surface area contributed by atoms with Crippen molar-refractivity contribution < 1.29 is 4.79 Å². The maximum absolute atomic E-state index is 12.3. The Morgan fingerprint density at radius 2 is 2.00 bits per heavy atom. The minimum absolute atomic E-state index is 0.0913. The third-order valence-electron chi connectivity index (χ3n) is 3.60. The molecule has 0 saturated heterocycles. The summed E-state index contributed by atoms with van der Waals surface area (Å²) in [6, 6.07) is 8.29. The van der Waals surface area contributed by atoms with Crippen LogP contribution < -0.4 is 10.6 Å². The minimum atomic E-state index is 0.0913. The van der Waals surface area contributed by atoms with Gasteiger partial charge >= 0.3 is 0 Å². The molecule has 2 N–H and O–H groups in total. The van der Waals surface area contributed by atoms with Crippen LogP contribution in [0, 0.1) is 0 Å². The molecule has 0 spiro atoms. The number of likely N-dealkylation sites (N-methyl/N-ethyl adjacent to an activating group) is 1. The van der Waals surface area contributed by atoms with Gasteiger partial charge in [0.15, 0.2) is 0 Å². The Morgan fingerprint density at radius 1 is 1.28 bits per heavy atom. The summed E-state index contributed by atoms with van der Waals surface area (Å²) in [6.45, 7) is 0.897. The SMILES string of the molecule is CNCCc1ccccc1C(=O)NC1CCCC1. The number of hydrogen-bond acceptors (Lipinski definition) is 2. The lowest BCUT2D eigenvalue weighted by atomic mass is 10.0. The highest BCUT2D eigenvalue weighted by molar-refractivity contribution is 5.95. The first-order chi connectivity index (χ1) is 8.81. The summed E-state index contributed by atoms with van der Waals surface area (Å²) in [5.41, 5.74) is 1.96. The van der Waals surface area contributed by atoms with Crippen LogP contribution in [-0.2, 0) is 6.42 Å². The van der Waals surface area contributed by atoms with Crippen LogP contribution in [0.25, 0.3) is 0 Å². The lowest BCUT2D eigenvalue weighted by Gasteiger charge is -2.14. The van der Waals surface area contributed by atoms with Crippen molar-refractivity contribution in [1.29, 1.82) is 0 Å². The molecule has 0 aromatic heterocycles. The van der Waals surface area contributed by atoms with Crippen molar-refractivity contribution in [3.8, 4) is 0 Å². The highest BCUT2D eigenvalue weighted by atomic mass is 16.1. The van der Waals surface area contributed by atoms with E-state index in [-0.39, 0.29) is 5.91 Å². The molecular formula is C15H22N2O. The van der Waals surface area contributed by atoms with Crippen LogP contribution in [0.3, 0.4) is 0 Å². The molecule has 1 fully saturated rings. The normalized spacial score (nSPS) is 15.8. The van der Waals surface area contributed by atoms with Gasteiger partial charge in [-0.2, -0.15) is 0 Å². The van der Waals surface area contributed by atoms with Gasteiger partial charge < -0.3 is 10.6 Å². The molecule has 2 rings (SSSR count). The first-order valence-corrected chi connectivity index (χ1v) is 6.84. The van der Waals surface area contributed by atoms with Crippen LogP contribution in [0.15, 0.2) is 24.3 Å². The van der Waals surface area contributed by atoms with Crippen LogP contribution in [0.1, 0.15) is 41.6 Å². The van der Waals surface area contributed by atoms with Gasteiger partial charge in [0.2, 0.25) is 0 Å². The van der Waals surface area contributed by atoms with Crippen molar-refractivity contribution in [1.82, 2.24) is 10.6 Å². The predicted octanol–water partition coefficient (Wildman–Crippen LogP) is 2.12. The van der Waals surface area contributed by atoms with E-state index < -0.39 is 0 Å². The fourth-order valence-electron chi connectivity index (χ4n) is 2.55. The molecule has 1 aromatic rings. The maximum atomic E-state index is 12.3. The number of nitrogens with one attached hydrogen (secondary N) is 2. The molecule has 0 radical (unpaired) electrons. The zero-order valence-corrected chi connectivity index (χ0v) is 11.0. The van der Waals surface area contributed by atoms with Crippen molar-refractivity contribution in [3.63, 3.8) is 0 Å². The van der Waals surface area contributed by atoms with Crippen LogP contribution >= 0.6 is 0 Å². The van der Waals surface area contributed by atoms with E-state index in [2.05, 4.69) is 10.6 Å². The van der Waals surface area contributed by atoms with Crippen LogP contribution in [0.4, 0.5) is 0 Å². The number of amides is 1. The zero-order valence-electron chi connectivity index (χ0n) is 11.0. The third kappa shape index (κ3) is 3.33. The molecule has 3 nitrogen and oxygen atoms in total. The summed E-state index contributed by atoms with van der Waals surface area (Å²) in [6.07, 6.45) is 5.64. The van der Waals surface area contributed by atoms with Gasteiger partial charge in [0.25, 0.3) is 5.91 Å². The van der Waals surface area contributed by atoms with E-state index in [9.17, 15) is 4.79 Å². The third-order valence-corrected chi connectivity index (χ3v) is 3.60. The van der Waals surface area contributed by atoms with Crippen molar-refractivity contribution in [3.05, 3.63) is 35.4 Å². The second kappa shape index (κ2) is 6.55. The molecule has 18 heavy (non-hydrogen) atoms. The van der Waals surface area contributed by atoms with E-state index in [1.54, 1.807) is 0 Å². The molecule has 1 aliphatic carbocycles. The van der Waals surface area contributed by atoms with Gasteiger partial charge in [0.1, 0.15) is 0 Å². The van der Waals surface area contributed by atoms with Crippen molar-refractivity contribution in [2.45, 2.75) is 38.1 Å². The zero-order chi connectivity index (χ0) is 12.8. The molecule has 3 heteroatoms. The van der Waals surface area contributed by atoms with Gasteiger partial charge in [0.05, 0.1) is 0 Å². The molecule has 1 aromatic carbocycles. The molecule has 1 amide bonds. The van der Waals surface area contributed by atoms with E-state index in [0.29, 0.717) is 6.04 Å². The van der Waals surface area contributed by atoms with Gasteiger partial charge in [-0.1, -0.05) is 31.0 Å². The molecule has 0 heterocycles. The smallest absolute Gasteiger partial charge is 0.251 e. The van der Waals surface area contributed by atoms with Gasteiger partial charge in [-0.05, 0) is 44.5 Å². The van der Waals surface area contributed by atoms with Crippen LogP contribution in [0.5, 0.6) is 0 Å². The standard InChI is InChI=1S/C15H22N2O/c1-16-11-10-12-6-2-5-9-14(12)15(18)17-13-7-3-4-8-13/h2,5-6,9,13,16H,3-4,7-8,10-11H2,1H3,(H,17,18). The highest BCUT2D eigenvalue weighted by Crippen LogP contribution is 2.18. The maximum Gasteiger partial charge on any atom is 0.251 e. The van der Waals surface area contributed by atoms with E-state index in [0.717, 1.165) is 36.9 Å². The Balaban J connectivity index is 2.03.